The number of anilines is 1. The zero-order valence-electron chi connectivity index (χ0n) is 16.4. The van der Waals surface area contributed by atoms with Crippen molar-refractivity contribution in [3.05, 3.63) is 106 Å². The fourth-order valence-corrected chi connectivity index (χ4v) is 3.52. The molecule has 0 spiro atoms. The van der Waals surface area contributed by atoms with Crippen molar-refractivity contribution in [2.24, 2.45) is 5.10 Å². The minimum absolute atomic E-state index is 0.0223. The molecule has 0 aliphatic carbocycles. The zero-order valence-corrected chi connectivity index (χ0v) is 17.9. The first-order chi connectivity index (χ1) is 15.1. The topological polar surface area (TPSA) is 59.3 Å². The lowest BCUT2D eigenvalue weighted by atomic mass is 10.1. The van der Waals surface area contributed by atoms with E-state index in [-0.39, 0.29) is 12.3 Å². The normalized spacial score (nSPS) is 11.0. The number of nitrogens with zero attached hydrogens (tertiary/aromatic N) is 3. The number of rotatable bonds is 6. The van der Waals surface area contributed by atoms with Gasteiger partial charge in [0.1, 0.15) is 0 Å². The van der Waals surface area contributed by atoms with Crippen LogP contribution in [-0.4, -0.2) is 21.8 Å². The highest BCUT2D eigenvalue weighted by Crippen LogP contribution is 2.25. The Morgan fingerprint density at radius 1 is 0.935 bits per heavy atom. The molecule has 1 amide bonds. The van der Waals surface area contributed by atoms with Gasteiger partial charge in [-0.15, -0.1) is 0 Å². The van der Waals surface area contributed by atoms with Gasteiger partial charge in [0.2, 0.25) is 11.9 Å². The minimum Gasteiger partial charge on any atom is -0.294 e. The highest BCUT2D eigenvalue weighted by molar-refractivity contribution is 6.36. The molecule has 31 heavy (non-hydrogen) atoms. The number of aromatic nitrogens is 2. The predicted molar refractivity (Wildman–Crippen MR) is 126 cm³/mol. The molecule has 1 N–H and O–H groups in total. The van der Waals surface area contributed by atoms with Gasteiger partial charge < -0.3 is 0 Å². The van der Waals surface area contributed by atoms with Crippen molar-refractivity contribution in [2.75, 3.05) is 5.32 Å². The van der Waals surface area contributed by atoms with Crippen LogP contribution in [0.3, 0.4) is 0 Å². The summed E-state index contributed by atoms with van der Waals surface area (Å²) < 4.78 is 1.54. The largest absolute Gasteiger partial charge is 0.294 e. The minimum atomic E-state index is -0.295. The van der Waals surface area contributed by atoms with E-state index in [2.05, 4.69) is 15.4 Å². The van der Waals surface area contributed by atoms with E-state index in [1.54, 1.807) is 35.3 Å². The van der Waals surface area contributed by atoms with Crippen molar-refractivity contribution < 1.29 is 4.79 Å². The molecule has 0 unspecified atom stereocenters. The number of amides is 1. The molecule has 5 nitrogen and oxygen atoms in total. The third kappa shape index (κ3) is 5.20. The Hall–Kier alpha value is -3.41. The summed E-state index contributed by atoms with van der Waals surface area (Å²) in [5.74, 6) is 0.00980. The average Bonchev–Trinajstić information content (AvgIpc) is 3.19. The Kier molecular flexibility index (Phi) is 6.46. The van der Waals surface area contributed by atoms with E-state index >= 15 is 0 Å². The van der Waals surface area contributed by atoms with Crippen LogP contribution in [0.4, 0.5) is 5.95 Å². The van der Waals surface area contributed by atoms with Gasteiger partial charge in [0.25, 0.3) is 0 Å². The molecule has 0 radical (unpaired) electrons. The lowest BCUT2D eigenvalue weighted by Gasteiger charge is -2.08. The second kappa shape index (κ2) is 9.60. The molecule has 0 bridgehead atoms. The fraction of sp³-hybridized carbons (Fsp3) is 0.0417. The highest BCUT2D eigenvalue weighted by Gasteiger charge is 2.15. The van der Waals surface area contributed by atoms with Gasteiger partial charge >= 0.3 is 0 Å². The van der Waals surface area contributed by atoms with Gasteiger partial charge in [-0.2, -0.15) is 5.10 Å². The molecule has 4 aromatic rings. The van der Waals surface area contributed by atoms with Crippen molar-refractivity contribution in [3.63, 3.8) is 0 Å². The Bertz CT molecular complexity index is 1200. The maximum Gasteiger partial charge on any atom is 0.231 e. The van der Waals surface area contributed by atoms with Gasteiger partial charge in [0.15, 0.2) is 0 Å². The first-order valence-electron chi connectivity index (χ1n) is 9.57. The molecule has 0 saturated carbocycles. The lowest BCUT2D eigenvalue weighted by molar-refractivity contribution is -0.115. The van der Waals surface area contributed by atoms with Crippen molar-refractivity contribution >= 4 is 41.3 Å². The van der Waals surface area contributed by atoms with Crippen LogP contribution in [0.5, 0.6) is 0 Å². The third-order valence-electron chi connectivity index (χ3n) is 4.54. The summed E-state index contributed by atoms with van der Waals surface area (Å²) in [6, 6.07) is 24.5. The van der Waals surface area contributed by atoms with E-state index in [4.69, 9.17) is 23.2 Å². The molecule has 0 fully saturated rings. The molecule has 1 aromatic heterocycles. The number of halogens is 2. The molecular formula is C24H18Cl2N4O. The summed E-state index contributed by atoms with van der Waals surface area (Å²) >= 11 is 12.4. The van der Waals surface area contributed by atoms with Crippen LogP contribution in [-0.2, 0) is 11.2 Å². The molecular weight excluding hydrogens is 431 g/mol. The number of hydrogen-bond donors (Lipinski definition) is 1. The Morgan fingerprint density at radius 3 is 2.26 bits per heavy atom. The second-order valence-corrected chi connectivity index (χ2v) is 7.56. The van der Waals surface area contributed by atoms with Crippen LogP contribution in [0, 0.1) is 0 Å². The summed E-state index contributed by atoms with van der Waals surface area (Å²) in [6.45, 7) is 0. The number of nitrogens with one attached hydrogen (secondary N) is 1. The molecule has 4 rings (SSSR count). The monoisotopic (exact) mass is 448 g/mol. The molecule has 1 heterocycles. The SMILES string of the molecule is O=C(Cc1c(Cl)cccc1Cl)Nc1nc(-c2ccccc2)cn1/N=C\c1ccccc1. The summed E-state index contributed by atoms with van der Waals surface area (Å²) in [4.78, 5) is 17.3. The van der Waals surface area contributed by atoms with Crippen molar-refractivity contribution in [2.45, 2.75) is 6.42 Å². The van der Waals surface area contributed by atoms with Crippen LogP contribution in [0.1, 0.15) is 11.1 Å². The van der Waals surface area contributed by atoms with Gasteiger partial charge in [-0.1, -0.05) is 89.9 Å². The Labute approximate surface area is 190 Å². The van der Waals surface area contributed by atoms with E-state index in [9.17, 15) is 4.79 Å². The standard InChI is InChI=1S/C24H18Cl2N4O/c25-20-12-7-13-21(26)19(20)14-23(31)29-24-28-22(18-10-5-2-6-11-18)16-30(24)27-15-17-8-3-1-4-9-17/h1-13,15-16H,14H2,(H,28,29,31)/b27-15-. The van der Waals surface area contributed by atoms with Crippen LogP contribution in [0.15, 0.2) is 90.2 Å². The molecule has 154 valence electrons. The van der Waals surface area contributed by atoms with Crippen LogP contribution in [0.2, 0.25) is 10.0 Å². The Balaban J connectivity index is 1.62. The molecule has 7 heteroatoms. The van der Waals surface area contributed by atoms with Gasteiger partial charge in [0.05, 0.1) is 24.5 Å². The van der Waals surface area contributed by atoms with Crippen LogP contribution in [0.25, 0.3) is 11.3 Å². The van der Waals surface area contributed by atoms with Crippen LogP contribution < -0.4 is 5.32 Å². The highest BCUT2D eigenvalue weighted by atomic mass is 35.5. The molecule has 0 atom stereocenters. The van der Waals surface area contributed by atoms with Gasteiger partial charge in [0, 0.05) is 15.6 Å². The number of hydrogen-bond acceptors (Lipinski definition) is 3. The maximum atomic E-state index is 12.7. The fourth-order valence-electron chi connectivity index (χ4n) is 2.99. The van der Waals surface area contributed by atoms with E-state index in [0.717, 1.165) is 11.1 Å². The number of carbonyl (C=O) groups is 1. The first kappa shape index (κ1) is 20.8. The Morgan fingerprint density at radius 2 is 1.58 bits per heavy atom. The van der Waals surface area contributed by atoms with Crippen LogP contribution >= 0.6 is 23.2 Å². The maximum absolute atomic E-state index is 12.7. The quantitative estimate of drug-likeness (QED) is 0.372. The molecule has 0 saturated heterocycles. The van der Waals surface area contributed by atoms with Gasteiger partial charge in [-0.25, -0.2) is 9.66 Å². The number of carbonyl (C=O) groups excluding carboxylic acids is 1. The molecule has 0 aliphatic rings. The summed E-state index contributed by atoms with van der Waals surface area (Å²) in [5, 5.41) is 8.19. The molecule has 3 aromatic carbocycles. The summed E-state index contributed by atoms with van der Waals surface area (Å²) in [5.41, 5.74) is 3.10. The first-order valence-corrected chi connectivity index (χ1v) is 10.3. The van der Waals surface area contributed by atoms with E-state index in [0.29, 0.717) is 27.3 Å². The van der Waals surface area contributed by atoms with Crippen molar-refractivity contribution in [1.29, 1.82) is 0 Å². The van der Waals surface area contributed by atoms with E-state index in [1.807, 2.05) is 60.7 Å². The second-order valence-electron chi connectivity index (χ2n) is 6.74. The van der Waals surface area contributed by atoms with Gasteiger partial charge in [-0.05, 0) is 23.3 Å². The van der Waals surface area contributed by atoms with E-state index < -0.39 is 0 Å². The van der Waals surface area contributed by atoms with Crippen molar-refractivity contribution in [1.82, 2.24) is 9.66 Å². The number of benzene rings is 3. The molecule has 0 aliphatic heterocycles. The van der Waals surface area contributed by atoms with E-state index in [1.165, 1.54) is 0 Å². The lowest BCUT2D eigenvalue weighted by Crippen LogP contribution is -2.17. The number of imidazole rings is 1. The average molecular weight is 449 g/mol. The summed E-state index contributed by atoms with van der Waals surface area (Å²) in [6.07, 6.45) is 3.50. The van der Waals surface area contributed by atoms with Crippen molar-refractivity contribution in [3.8, 4) is 11.3 Å². The van der Waals surface area contributed by atoms with Gasteiger partial charge in [-0.3, -0.25) is 10.1 Å². The smallest absolute Gasteiger partial charge is 0.231 e. The third-order valence-corrected chi connectivity index (χ3v) is 5.25. The zero-order chi connectivity index (χ0) is 21.6. The predicted octanol–water partition coefficient (Wildman–Crippen LogP) is 5.92. The summed E-state index contributed by atoms with van der Waals surface area (Å²) in [7, 11) is 0.